The zero-order valence-corrected chi connectivity index (χ0v) is 17.5. The molecule has 1 aromatic heterocycles. The van der Waals surface area contributed by atoms with Gasteiger partial charge in [0.1, 0.15) is 0 Å². The minimum atomic E-state index is -0.281. The maximum Gasteiger partial charge on any atom is 0.229 e. The van der Waals surface area contributed by atoms with E-state index >= 15 is 0 Å². The number of carbonyl (C=O) groups excluding carboxylic acids is 1. The van der Waals surface area contributed by atoms with Crippen molar-refractivity contribution in [2.45, 2.75) is 52.5 Å². The lowest BCUT2D eigenvalue weighted by Gasteiger charge is -2.42. The molecule has 1 aromatic carbocycles. The summed E-state index contributed by atoms with van der Waals surface area (Å²) in [6.07, 6.45) is 5.16. The van der Waals surface area contributed by atoms with Crippen molar-refractivity contribution in [3.8, 4) is 0 Å². The number of fused-ring (bicyclic) bond motifs is 1. The molecule has 0 atom stereocenters. The Bertz CT molecular complexity index is 908. The van der Waals surface area contributed by atoms with E-state index in [9.17, 15) is 4.79 Å². The van der Waals surface area contributed by atoms with Crippen molar-refractivity contribution in [3.63, 3.8) is 0 Å². The lowest BCUT2D eigenvalue weighted by atomic mass is 9.73. The van der Waals surface area contributed by atoms with Crippen molar-refractivity contribution in [1.29, 1.82) is 0 Å². The molecule has 0 unspecified atom stereocenters. The summed E-state index contributed by atoms with van der Waals surface area (Å²) >= 11 is 0. The first-order valence-electron chi connectivity index (χ1n) is 11.0. The zero-order valence-electron chi connectivity index (χ0n) is 17.5. The molecule has 1 aliphatic carbocycles. The van der Waals surface area contributed by atoms with Gasteiger partial charge in [0.2, 0.25) is 11.9 Å². The average Bonchev–Trinajstić information content (AvgIpc) is 3.52. The van der Waals surface area contributed by atoms with Crippen LogP contribution in [0.25, 0.3) is 0 Å². The van der Waals surface area contributed by atoms with Crippen molar-refractivity contribution < 1.29 is 4.79 Å². The average molecular weight is 391 g/mol. The van der Waals surface area contributed by atoms with E-state index in [0.717, 1.165) is 62.8 Å². The number of anilines is 1. The van der Waals surface area contributed by atoms with Gasteiger partial charge in [-0.1, -0.05) is 24.3 Å². The van der Waals surface area contributed by atoms with E-state index in [1.807, 2.05) is 19.9 Å². The summed E-state index contributed by atoms with van der Waals surface area (Å²) in [6.45, 7) is 7.42. The zero-order chi connectivity index (χ0) is 20.0. The third-order valence-electron chi connectivity index (χ3n) is 6.90. The molecule has 5 heteroatoms. The second-order valence-electron chi connectivity index (χ2n) is 9.29. The highest BCUT2D eigenvalue weighted by Gasteiger charge is 2.46. The van der Waals surface area contributed by atoms with Gasteiger partial charge in [0.25, 0.3) is 0 Å². The second kappa shape index (κ2) is 7.12. The lowest BCUT2D eigenvalue weighted by Crippen LogP contribution is -2.50. The third-order valence-corrected chi connectivity index (χ3v) is 6.90. The molecule has 2 aliphatic heterocycles. The smallest absolute Gasteiger partial charge is 0.229 e. The number of carbonyl (C=O) groups is 1. The number of piperidine rings is 1. The quantitative estimate of drug-likeness (QED) is 0.802. The Hall–Kier alpha value is -2.43. The van der Waals surface area contributed by atoms with Crippen molar-refractivity contribution in [1.82, 2.24) is 14.9 Å². The molecule has 0 bridgehead atoms. The first-order valence-corrected chi connectivity index (χ1v) is 11.0. The Kier molecular flexibility index (Phi) is 4.56. The predicted molar refractivity (Wildman–Crippen MR) is 114 cm³/mol. The van der Waals surface area contributed by atoms with Crippen LogP contribution in [0.4, 0.5) is 5.95 Å². The van der Waals surface area contributed by atoms with E-state index in [2.05, 4.69) is 44.0 Å². The van der Waals surface area contributed by atoms with E-state index in [0.29, 0.717) is 11.8 Å². The van der Waals surface area contributed by atoms with Crippen LogP contribution >= 0.6 is 0 Å². The standard InChI is InChI=1S/C24H30N4O/c1-17-13-18(2)26-23(25-17)27-11-9-24(10-12-27)14-20-5-3-4-6-21(20)16-28(22(24)29)15-19-7-8-19/h3-6,13,19H,7-12,14-16H2,1-2H3. The summed E-state index contributed by atoms with van der Waals surface area (Å²) in [6, 6.07) is 10.7. The molecule has 0 radical (unpaired) electrons. The highest BCUT2D eigenvalue weighted by molar-refractivity contribution is 5.84. The monoisotopic (exact) mass is 390 g/mol. The van der Waals surface area contributed by atoms with Crippen LogP contribution in [0.1, 0.15) is 48.2 Å². The van der Waals surface area contributed by atoms with Crippen LogP contribution in [0.5, 0.6) is 0 Å². The van der Waals surface area contributed by atoms with E-state index in [1.165, 1.54) is 24.0 Å². The van der Waals surface area contributed by atoms with E-state index in [-0.39, 0.29) is 5.41 Å². The number of hydrogen-bond donors (Lipinski definition) is 0. The van der Waals surface area contributed by atoms with Crippen molar-refractivity contribution in [3.05, 3.63) is 52.8 Å². The van der Waals surface area contributed by atoms with Gasteiger partial charge in [0.15, 0.2) is 0 Å². The topological polar surface area (TPSA) is 49.3 Å². The van der Waals surface area contributed by atoms with Crippen LogP contribution in [0.15, 0.2) is 30.3 Å². The third kappa shape index (κ3) is 3.63. The van der Waals surface area contributed by atoms with E-state index in [4.69, 9.17) is 0 Å². The SMILES string of the molecule is Cc1cc(C)nc(N2CCC3(CC2)Cc2ccccc2CN(CC2CC2)C3=O)n1. The van der Waals surface area contributed by atoms with Crippen molar-refractivity contribution in [2.75, 3.05) is 24.5 Å². The molecule has 1 saturated heterocycles. The summed E-state index contributed by atoms with van der Waals surface area (Å²) in [5, 5.41) is 0. The lowest BCUT2D eigenvalue weighted by molar-refractivity contribution is -0.144. The summed E-state index contributed by atoms with van der Waals surface area (Å²) in [5.74, 6) is 1.90. The van der Waals surface area contributed by atoms with Gasteiger partial charge in [-0.3, -0.25) is 4.79 Å². The summed E-state index contributed by atoms with van der Waals surface area (Å²) in [7, 11) is 0. The molecule has 1 spiro atoms. The molecule has 29 heavy (non-hydrogen) atoms. The Morgan fingerprint density at radius 3 is 2.34 bits per heavy atom. The number of amides is 1. The molecule has 0 N–H and O–H groups in total. The van der Waals surface area contributed by atoms with Gasteiger partial charge < -0.3 is 9.80 Å². The van der Waals surface area contributed by atoms with Gasteiger partial charge in [-0.05, 0) is 69.1 Å². The Balaban J connectivity index is 1.41. The molecule has 3 heterocycles. The molecule has 5 nitrogen and oxygen atoms in total. The van der Waals surface area contributed by atoms with Gasteiger partial charge in [0, 0.05) is 37.6 Å². The molecule has 2 aromatic rings. The number of benzene rings is 1. The predicted octanol–water partition coefficient (Wildman–Crippen LogP) is 3.67. The van der Waals surface area contributed by atoms with Gasteiger partial charge in [-0.15, -0.1) is 0 Å². The minimum absolute atomic E-state index is 0.281. The van der Waals surface area contributed by atoms with Crippen molar-refractivity contribution >= 4 is 11.9 Å². The van der Waals surface area contributed by atoms with E-state index in [1.54, 1.807) is 0 Å². The normalized spacial score (nSPS) is 21.2. The molecule has 5 rings (SSSR count). The number of rotatable bonds is 3. The summed E-state index contributed by atoms with van der Waals surface area (Å²) in [4.78, 5) is 27.5. The molecular weight excluding hydrogens is 360 g/mol. The fourth-order valence-electron chi connectivity index (χ4n) is 5.07. The van der Waals surface area contributed by atoms with E-state index < -0.39 is 0 Å². The Labute approximate surface area is 173 Å². The number of nitrogens with zero attached hydrogens (tertiary/aromatic N) is 4. The van der Waals surface area contributed by atoms with Gasteiger partial charge >= 0.3 is 0 Å². The molecule has 1 amide bonds. The molecule has 2 fully saturated rings. The highest BCUT2D eigenvalue weighted by Crippen LogP contribution is 2.42. The fourth-order valence-corrected chi connectivity index (χ4v) is 5.07. The van der Waals surface area contributed by atoms with Crippen LogP contribution in [0, 0.1) is 25.2 Å². The van der Waals surface area contributed by atoms with Gasteiger partial charge in [0.05, 0.1) is 5.41 Å². The maximum absolute atomic E-state index is 13.8. The van der Waals surface area contributed by atoms with Crippen LogP contribution in [-0.2, 0) is 17.8 Å². The summed E-state index contributed by atoms with van der Waals surface area (Å²) in [5.41, 5.74) is 4.41. The van der Waals surface area contributed by atoms with Gasteiger partial charge in [-0.2, -0.15) is 0 Å². The van der Waals surface area contributed by atoms with Crippen LogP contribution in [-0.4, -0.2) is 40.4 Å². The number of hydrogen-bond acceptors (Lipinski definition) is 4. The number of aryl methyl sites for hydroxylation is 2. The first-order chi connectivity index (χ1) is 14.0. The highest BCUT2D eigenvalue weighted by atomic mass is 16.2. The Morgan fingerprint density at radius 1 is 1.03 bits per heavy atom. The Morgan fingerprint density at radius 2 is 1.69 bits per heavy atom. The summed E-state index contributed by atoms with van der Waals surface area (Å²) < 4.78 is 0. The van der Waals surface area contributed by atoms with Crippen LogP contribution in [0.3, 0.4) is 0 Å². The van der Waals surface area contributed by atoms with Crippen LogP contribution < -0.4 is 4.90 Å². The molecular formula is C24H30N4O. The maximum atomic E-state index is 13.8. The largest absolute Gasteiger partial charge is 0.341 e. The molecule has 152 valence electrons. The molecule has 1 saturated carbocycles. The van der Waals surface area contributed by atoms with Gasteiger partial charge in [-0.25, -0.2) is 9.97 Å². The minimum Gasteiger partial charge on any atom is -0.341 e. The fraction of sp³-hybridized carbons (Fsp3) is 0.542. The first kappa shape index (κ1) is 18.6. The second-order valence-corrected chi connectivity index (χ2v) is 9.29. The van der Waals surface area contributed by atoms with Crippen LogP contribution in [0.2, 0.25) is 0 Å². The number of aromatic nitrogens is 2. The van der Waals surface area contributed by atoms with Crippen molar-refractivity contribution in [2.24, 2.45) is 11.3 Å². The molecule has 3 aliphatic rings.